The second-order valence-corrected chi connectivity index (χ2v) is 12.4. The van der Waals surface area contributed by atoms with Crippen LogP contribution in [0.1, 0.15) is 99.8 Å². The lowest BCUT2D eigenvalue weighted by Crippen LogP contribution is -2.48. The van der Waals surface area contributed by atoms with E-state index in [4.69, 9.17) is 30.5 Å². The minimum absolute atomic E-state index is 0.0486. The van der Waals surface area contributed by atoms with E-state index in [0.717, 1.165) is 11.1 Å². The molecule has 1 saturated heterocycles. The molecule has 3 unspecified atom stereocenters. The summed E-state index contributed by atoms with van der Waals surface area (Å²) in [7, 11) is 1.57. The van der Waals surface area contributed by atoms with Crippen molar-refractivity contribution < 1.29 is 28.5 Å². The molecule has 0 bridgehead atoms. The lowest BCUT2D eigenvalue weighted by atomic mass is 9.58. The summed E-state index contributed by atoms with van der Waals surface area (Å²) in [6, 6.07) is 14.8. The molecule has 3 aliphatic rings. The van der Waals surface area contributed by atoms with Gasteiger partial charge in [-0.15, -0.1) is 23.3 Å². The second kappa shape index (κ2) is 14.8. The first kappa shape index (κ1) is 33.2. The van der Waals surface area contributed by atoms with Gasteiger partial charge in [0.1, 0.15) is 12.7 Å². The fraction of sp³-hybridized carbons (Fsp3) is 0.576. The Bertz CT molecular complexity index is 1210. The lowest BCUT2D eigenvalue weighted by molar-refractivity contribution is -0.300. The van der Waals surface area contributed by atoms with Crippen LogP contribution in [0.25, 0.3) is 0 Å². The van der Waals surface area contributed by atoms with Gasteiger partial charge in [0.25, 0.3) is 0 Å². The molecule has 2 aromatic rings. The van der Waals surface area contributed by atoms with Gasteiger partial charge in [0, 0.05) is 44.4 Å². The first-order chi connectivity index (χ1) is 20.2. The summed E-state index contributed by atoms with van der Waals surface area (Å²) in [6.45, 7) is 2.79. The van der Waals surface area contributed by atoms with E-state index in [1.807, 2.05) is 18.2 Å². The van der Waals surface area contributed by atoms with Crippen molar-refractivity contribution in [1.29, 1.82) is 0 Å². The Morgan fingerprint density at radius 1 is 1.00 bits per heavy atom. The Morgan fingerprint density at radius 3 is 2.26 bits per heavy atom. The van der Waals surface area contributed by atoms with Gasteiger partial charge in [0.15, 0.2) is 5.79 Å². The van der Waals surface area contributed by atoms with Gasteiger partial charge in [-0.1, -0.05) is 48.4 Å². The van der Waals surface area contributed by atoms with E-state index < -0.39 is 24.0 Å². The second-order valence-electron chi connectivity index (χ2n) is 12.0. The minimum atomic E-state index is -1.18. The van der Waals surface area contributed by atoms with Crippen LogP contribution in [0.2, 0.25) is 5.02 Å². The number of hydrogen-bond acceptors (Lipinski definition) is 8. The number of thiol groups is 2. The van der Waals surface area contributed by atoms with Crippen molar-refractivity contribution in [3.8, 4) is 0 Å². The molecular weight excluding hydrogens is 592 g/mol. The predicted molar refractivity (Wildman–Crippen MR) is 171 cm³/mol. The molecule has 1 aliphatic heterocycles. The number of halogens is 1. The molecule has 3 atom stereocenters. The average Bonchev–Trinajstić information content (AvgIpc) is 2.97. The molecule has 3 fully saturated rings. The van der Waals surface area contributed by atoms with Gasteiger partial charge in [0.05, 0.1) is 6.10 Å². The SMILES string of the molecule is COC1(c2ccc(Cl)c(Cc3ccc(C4CCC5(CCC5)CC4)cc3)c2)CC(OC(C)=O)CC(COC(C)=O)O1.SS. The number of benzene rings is 2. The average molecular weight is 635 g/mol. The van der Waals surface area contributed by atoms with E-state index in [1.165, 1.54) is 69.9 Å². The van der Waals surface area contributed by atoms with Crippen LogP contribution in [0, 0.1) is 5.41 Å². The highest BCUT2D eigenvalue weighted by molar-refractivity contribution is 8.59. The monoisotopic (exact) mass is 634 g/mol. The molecule has 6 nitrogen and oxygen atoms in total. The summed E-state index contributed by atoms with van der Waals surface area (Å²) in [6.07, 6.45) is 10.1. The Morgan fingerprint density at radius 2 is 1.69 bits per heavy atom. The van der Waals surface area contributed by atoms with Gasteiger partial charge in [0.2, 0.25) is 0 Å². The largest absolute Gasteiger partial charge is 0.463 e. The van der Waals surface area contributed by atoms with Gasteiger partial charge in [-0.3, -0.25) is 9.59 Å². The molecule has 1 heterocycles. The number of ether oxygens (including phenoxy) is 4. The smallest absolute Gasteiger partial charge is 0.302 e. The molecule has 0 N–H and O–H groups in total. The molecule has 0 radical (unpaired) electrons. The zero-order valence-electron chi connectivity index (χ0n) is 24.8. The third-order valence-electron chi connectivity index (χ3n) is 9.31. The summed E-state index contributed by atoms with van der Waals surface area (Å²) in [5, 5.41) is 0.668. The Labute approximate surface area is 265 Å². The third kappa shape index (κ3) is 8.06. The van der Waals surface area contributed by atoms with Crippen LogP contribution in [0.3, 0.4) is 0 Å². The van der Waals surface area contributed by atoms with Crippen molar-refractivity contribution in [1.82, 2.24) is 0 Å². The van der Waals surface area contributed by atoms with Crippen LogP contribution in [0.5, 0.6) is 0 Å². The molecule has 1 spiro atoms. The van der Waals surface area contributed by atoms with Crippen molar-refractivity contribution in [2.24, 2.45) is 5.41 Å². The summed E-state index contributed by atoms with van der Waals surface area (Å²) in [5.74, 6) is -1.28. The van der Waals surface area contributed by atoms with Gasteiger partial charge >= 0.3 is 11.9 Å². The molecule has 0 aromatic heterocycles. The molecule has 9 heteroatoms. The highest BCUT2D eigenvalue weighted by Crippen LogP contribution is 2.54. The highest BCUT2D eigenvalue weighted by atomic mass is 35.5. The maximum absolute atomic E-state index is 11.8. The number of carbonyl (C=O) groups excluding carboxylic acids is 2. The van der Waals surface area contributed by atoms with Crippen molar-refractivity contribution in [2.45, 2.75) is 102 Å². The van der Waals surface area contributed by atoms with Crippen LogP contribution in [0.4, 0.5) is 0 Å². The van der Waals surface area contributed by atoms with E-state index >= 15 is 0 Å². The number of rotatable bonds is 8. The molecule has 5 rings (SSSR count). The quantitative estimate of drug-likeness (QED) is 0.174. The predicted octanol–water partition coefficient (Wildman–Crippen LogP) is 7.99. The lowest BCUT2D eigenvalue weighted by Gasteiger charge is -2.47. The van der Waals surface area contributed by atoms with E-state index in [0.29, 0.717) is 35.6 Å². The van der Waals surface area contributed by atoms with Crippen molar-refractivity contribution in [3.63, 3.8) is 0 Å². The summed E-state index contributed by atoms with van der Waals surface area (Å²) < 4.78 is 23.2. The van der Waals surface area contributed by atoms with Crippen LogP contribution in [-0.4, -0.2) is 37.9 Å². The van der Waals surface area contributed by atoms with Crippen molar-refractivity contribution in [3.05, 3.63) is 69.7 Å². The molecule has 0 amide bonds. The first-order valence-electron chi connectivity index (χ1n) is 14.8. The highest BCUT2D eigenvalue weighted by Gasteiger charge is 2.45. The molecular formula is C33H43ClO6S2. The summed E-state index contributed by atoms with van der Waals surface area (Å²) >= 11 is 13.1. The zero-order chi connectivity index (χ0) is 30.3. The van der Waals surface area contributed by atoms with Crippen molar-refractivity contribution >= 4 is 46.9 Å². The summed E-state index contributed by atoms with van der Waals surface area (Å²) in [5.41, 5.74) is 5.06. The fourth-order valence-corrected chi connectivity index (χ4v) is 7.11. The Kier molecular flexibility index (Phi) is 11.7. The van der Waals surface area contributed by atoms with Gasteiger partial charge in [-0.25, -0.2) is 0 Å². The van der Waals surface area contributed by atoms with Crippen molar-refractivity contribution in [2.75, 3.05) is 13.7 Å². The van der Waals surface area contributed by atoms with Gasteiger partial charge in [-0.2, -0.15) is 0 Å². The molecule has 42 heavy (non-hydrogen) atoms. The number of methoxy groups -OCH3 is 1. The Hall–Kier alpha value is -1.71. The first-order valence-corrected chi connectivity index (χ1v) is 16.8. The van der Waals surface area contributed by atoms with E-state index in [2.05, 4.69) is 47.6 Å². The van der Waals surface area contributed by atoms with Gasteiger partial charge < -0.3 is 18.9 Å². The van der Waals surface area contributed by atoms with Crippen LogP contribution in [0.15, 0.2) is 42.5 Å². The standard InChI is InChI=1S/C33H41ClO6.H2S2/c1-22(35)38-21-30-19-29(39-23(2)36)20-33(37-3,40-30)28-9-10-31(34)27(18-28)17-24-5-7-25(8-6-24)26-11-15-32(16-12-26)13-4-14-32;1-2/h5-10,18,26,29-30H,4,11-17,19-21H2,1-3H3;1-2H. The third-order valence-corrected chi connectivity index (χ3v) is 9.67. The number of hydrogen-bond donors (Lipinski definition) is 2. The van der Waals surface area contributed by atoms with Crippen LogP contribution in [-0.2, 0) is 40.7 Å². The Balaban J connectivity index is 0.00000198. The maximum atomic E-state index is 11.8. The molecule has 230 valence electrons. The van der Waals surface area contributed by atoms with E-state index in [9.17, 15) is 9.59 Å². The zero-order valence-corrected chi connectivity index (χ0v) is 27.3. The molecule has 2 aliphatic carbocycles. The number of carbonyl (C=O) groups is 2. The molecule has 2 aromatic carbocycles. The normalized spacial score (nSPS) is 25.1. The van der Waals surface area contributed by atoms with Gasteiger partial charge in [-0.05, 0) is 85.1 Å². The molecule has 2 saturated carbocycles. The fourth-order valence-electron chi connectivity index (χ4n) is 6.93. The minimum Gasteiger partial charge on any atom is -0.463 e. The topological polar surface area (TPSA) is 71.1 Å². The van der Waals surface area contributed by atoms with Crippen LogP contribution < -0.4 is 0 Å². The van der Waals surface area contributed by atoms with E-state index in [1.54, 1.807) is 7.11 Å². The summed E-state index contributed by atoms with van der Waals surface area (Å²) in [4.78, 5) is 23.2. The maximum Gasteiger partial charge on any atom is 0.302 e. The number of esters is 2. The van der Waals surface area contributed by atoms with Crippen LogP contribution >= 0.6 is 34.9 Å². The van der Waals surface area contributed by atoms with E-state index in [-0.39, 0.29) is 12.6 Å².